The normalized spacial score (nSPS) is 12.4. The molecule has 0 aliphatic carbocycles. The number of para-hydroxylation sites is 3. The highest BCUT2D eigenvalue weighted by Gasteiger charge is 2.26. The quantitative estimate of drug-likeness (QED) is 0.167. The smallest absolute Gasteiger partial charge is 0.235 e. The van der Waals surface area contributed by atoms with Crippen LogP contribution < -0.4 is 0 Å². The molecule has 13 rings (SSSR count). The van der Waals surface area contributed by atoms with E-state index in [0.29, 0.717) is 5.95 Å². The van der Waals surface area contributed by atoms with Crippen molar-refractivity contribution >= 4 is 118 Å². The van der Waals surface area contributed by atoms with Gasteiger partial charge in [-0.05, 0) is 57.9 Å². The molecule has 0 aliphatic heterocycles. The van der Waals surface area contributed by atoms with Crippen LogP contribution in [0, 0.1) is 0 Å². The van der Waals surface area contributed by atoms with Crippen LogP contribution in [0.3, 0.4) is 0 Å². The molecule has 4 nitrogen and oxygen atoms in total. The molecule has 0 aliphatic rings. The van der Waals surface area contributed by atoms with Crippen LogP contribution in [0.2, 0.25) is 0 Å². The zero-order chi connectivity index (χ0) is 35.8. The second-order valence-corrected chi connectivity index (χ2v) is 15.5. The van der Waals surface area contributed by atoms with E-state index in [1.807, 2.05) is 23.5 Å². The lowest BCUT2D eigenvalue weighted by atomic mass is 9.89. The van der Waals surface area contributed by atoms with Crippen molar-refractivity contribution in [2.75, 3.05) is 0 Å². The van der Waals surface area contributed by atoms with Crippen LogP contribution in [0.15, 0.2) is 168 Å². The first-order valence-electron chi connectivity index (χ1n) is 18.6. The van der Waals surface area contributed by atoms with Crippen molar-refractivity contribution in [1.29, 1.82) is 0 Å². The van der Waals surface area contributed by atoms with E-state index in [1.54, 1.807) is 0 Å². The summed E-state index contributed by atoms with van der Waals surface area (Å²) in [7, 11) is 0. The van der Waals surface area contributed by atoms with E-state index in [9.17, 15) is 0 Å². The van der Waals surface area contributed by atoms with Gasteiger partial charge in [0, 0.05) is 58.7 Å². The number of hydrogen-bond acceptors (Lipinski definition) is 4. The number of rotatable bonds is 2. The first kappa shape index (κ1) is 29.4. The van der Waals surface area contributed by atoms with Crippen molar-refractivity contribution in [1.82, 2.24) is 14.5 Å². The number of furan rings is 1. The summed E-state index contributed by atoms with van der Waals surface area (Å²) in [5.74, 6) is 0.646. The van der Waals surface area contributed by atoms with E-state index in [4.69, 9.17) is 14.4 Å². The summed E-state index contributed by atoms with van der Waals surface area (Å²) in [5, 5.41) is 15.8. The highest BCUT2D eigenvalue weighted by Crippen LogP contribution is 2.51. The molecule has 0 atom stereocenters. The Morgan fingerprint density at radius 3 is 1.84 bits per heavy atom. The van der Waals surface area contributed by atoms with Gasteiger partial charge in [0.15, 0.2) is 0 Å². The maximum Gasteiger partial charge on any atom is 0.235 e. The van der Waals surface area contributed by atoms with Gasteiger partial charge in [-0.25, -0.2) is 9.97 Å². The van der Waals surface area contributed by atoms with Gasteiger partial charge in [0.05, 0.1) is 26.9 Å². The Bertz CT molecular complexity index is 3790. The topological polar surface area (TPSA) is 43.9 Å². The Balaban J connectivity index is 1.24. The number of aromatic nitrogens is 3. The zero-order valence-electron chi connectivity index (χ0n) is 29.2. The van der Waals surface area contributed by atoms with Crippen LogP contribution in [0.5, 0.6) is 0 Å². The Morgan fingerprint density at radius 1 is 0.436 bits per heavy atom. The fourth-order valence-corrected chi connectivity index (χ4v) is 10.5. The van der Waals surface area contributed by atoms with E-state index >= 15 is 0 Å². The van der Waals surface area contributed by atoms with Gasteiger partial charge < -0.3 is 4.42 Å². The summed E-state index contributed by atoms with van der Waals surface area (Å²) in [6.07, 6.45) is 0. The molecule has 254 valence electrons. The van der Waals surface area contributed by atoms with Gasteiger partial charge in [0.25, 0.3) is 0 Å². The van der Waals surface area contributed by atoms with Gasteiger partial charge in [-0.2, -0.15) is 0 Å². The van der Waals surface area contributed by atoms with Crippen LogP contribution in [-0.2, 0) is 0 Å². The molecule has 0 saturated carbocycles. The molecule has 0 amide bonds. The van der Waals surface area contributed by atoms with E-state index in [1.165, 1.54) is 63.3 Å². The summed E-state index contributed by atoms with van der Waals surface area (Å²) in [5.41, 5.74) is 6.70. The number of thiophene rings is 1. The lowest BCUT2D eigenvalue weighted by Gasteiger charge is -2.15. The van der Waals surface area contributed by atoms with Crippen LogP contribution in [-0.4, -0.2) is 14.5 Å². The van der Waals surface area contributed by atoms with Crippen molar-refractivity contribution < 1.29 is 4.42 Å². The lowest BCUT2D eigenvalue weighted by Crippen LogP contribution is -2.03. The summed E-state index contributed by atoms with van der Waals surface area (Å²) < 4.78 is 11.2. The van der Waals surface area contributed by atoms with E-state index in [-0.39, 0.29) is 0 Å². The molecule has 5 heteroatoms. The van der Waals surface area contributed by atoms with Crippen molar-refractivity contribution in [3.05, 3.63) is 164 Å². The first-order chi connectivity index (χ1) is 27.3. The molecule has 0 radical (unpaired) electrons. The predicted molar refractivity (Wildman–Crippen MR) is 232 cm³/mol. The minimum Gasteiger partial charge on any atom is -0.456 e. The third kappa shape index (κ3) is 3.89. The number of fused-ring (bicyclic) bond motifs is 19. The van der Waals surface area contributed by atoms with E-state index in [0.717, 1.165) is 55.1 Å². The average Bonchev–Trinajstić information content (AvgIpc) is 3.93. The predicted octanol–water partition coefficient (Wildman–Crippen LogP) is 14.1. The highest BCUT2D eigenvalue weighted by atomic mass is 32.1. The summed E-state index contributed by atoms with van der Waals surface area (Å²) in [4.78, 5) is 10.9. The van der Waals surface area contributed by atoms with Crippen molar-refractivity contribution in [3.8, 4) is 17.2 Å². The largest absolute Gasteiger partial charge is 0.456 e. The zero-order valence-corrected chi connectivity index (χ0v) is 30.1. The van der Waals surface area contributed by atoms with Crippen molar-refractivity contribution in [2.45, 2.75) is 0 Å². The molecule has 0 unspecified atom stereocenters. The van der Waals surface area contributed by atoms with Gasteiger partial charge in [0.1, 0.15) is 11.2 Å². The number of hydrogen-bond donors (Lipinski definition) is 0. The summed E-state index contributed by atoms with van der Waals surface area (Å²) in [6.45, 7) is 0. The average molecular weight is 718 g/mol. The summed E-state index contributed by atoms with van der Waals surface area (Å²) in [6, 6.07) is 58.5. The fraction of sp³-hybridized carbons (Fsp3) is 0. The maximum absolute atomic E-state index is 6.38. The summed E-state index contributed by atoms with van der Waals surface area (Å²) >= 11 is 1.86. The highest BCUT2D eigenvalue weighted by molar-refractivity contribution is 7.27. The molecule has 9 aromatic carbocycles. The number of nitrogens with zero attached hydrogens (tertiary/aromatic N) is 3. The van der Waals surface area contributed by atoms with Crippen molar-refractivity contribution in [3.63, 3.8) is 0 Å². The van der Waals surface area contributed by atoms with Gasteiger partial charge in [0.2, 0.25) is 5.95 Å². The van der Waals surface area contributed by atoms with E-state index < -0.39 is 0 Å². The monoisotopic (exact) mass is 717 g/mol. The second-order valence-electron chi connectivity index (χ2n) is 14.4. The van der Waals surface area contributed by atoms with Crippen LogP contribution in [0.1, 0.15) is 0 Å². The number of benzene rings is 9. The molecule has 0 N–H and O–H groups in total. The van der Waals surface area contributed by atoms with E-state index in [2.05, 4.69) is 156 Å². The van der Waals surface area contributed by atoms with Crippen LogP contribution >= 0.6 is 11.3 Å². The molecular weight excluding hydrogens is 691 g/mol. The minimum atomic E-state index is 0.646. The van der Waals surface area contributed by atoms with Crippen molar-refractivity contribution in [2.24, 2.45) is 0 Å². The van der Waals surface area contributed by atoms with Gasteiger partial charge in [-0.3, -0.25) is 4.57 Å². The Kier molecular flexibility index (Phi) is 5.74. The minimum absolute atomic E-state index is 0.646. The lowest BCUT2D eigenvalue weighted by molar-refractivity contribution is 0.669. The molecule has 0 bridgehead atoms. The Morgan fingerprint density at radius 2 is 1.04 bits per heavy atom. The fourth-order valence-electron chi connectivity index (χ4n) is 9.29. The van der Waals surface area contributed by atoms with Crippen LogP contribution in [0.25, 0.3) is 124 Å². The molecule has 55 heavy (non-hydrogen) atoms. The molecule has 4 aromatic heterocycles. The second kappa shape index (κ2) is 10.8. The molecule has 0 spiro atoms. The van der Waals surface area contributed by atoms with Gasteiger partial charge in [-0.1, -0.05) is 127 Å². The molecular formula is C50H27N3OS. The molecule has 0 saturated heterocycles. The third-order valence-corrected chi connectivity index (χ3v) is 12.7. The van der Waals surface area contributed by atoms with Crippen LogP contribution in [0.4, 0.5) is 0 Å². The molecule has 0 fully saturated rings. The van der Waals surface area contributed by atoms with Gasteiger partial charge >= 0.3 is 0 Å². The third-order valence-electron chi connectivity index (χ3n) is 11.6. The van der Waals surface area contributed by atoms with Gasteiger partial charge in [-0.15, -0.1) is 11.3 Å². The first-order valence-corrected chi connectivity index (χ1v) is 19.4. The Labute approximate surface area is 317 Å². The Hall–Kier alpha value is -7.08. The molecule has 4 heterocycles. The standard InChI is InChI=1S/C50H27N3OS/c1-3-16-33-29(13-1)30-14-2-4-17-34(30)44-43(33)45-36-19-6-10-22-39(36)53(48(45)49-46(44)37-20-8-12-24-42(37)55-49)50-51-38-21-9-5-18-35(38)47(52-50)28-25-26-32-31-15-7-11-23-40(31)54-41(32)27-28/h1-27H. The SMILES string of the molecule is c1ccc2c(-c3ccc4c(c3)oc3ccccc34)nc(-n3c4ccccc4c4c5c6ccccc6c6ccccc6c5c5c6ccccc6sc5c43)nc2c1. The maximum atomic E-state index is 6.38. The molecule has 13 aromatic rings.